The van der Waals surface area contributed by atoms with E-state index in [1.165, 1.54) is 24.3 Å². The number of nitrogens with zero attached hydrogens (tertiary/aromatic N) is 1. The molecule has 0 fully saturated rings. The average Bonchev–Trinajstić information content (AvgIpc) is 2.64. The number of anilines is 1. The van der Waals surface area contributed by atoms with Gasteiger partial charge in [-0.1, -0.05) is 18.2 Å². The van der Waals surface area contributed by atoms with Crippen LogP contribution in [0.3, 0.4) is 0 Å². The quantitative estimate of drug-likeness (QED) is 0.522. The van der Waals surface area contributed by atoms with Crippen LogP contribution in [0.1, 0.15) is 15.9 Å². The first kappa shape index (κ1) is 17.2. The molecule has 26 heavy (non-hydrogen) atoms. The van der Waals surface area contributed by atoms with Crippen LogP contribution in [0.5, 0.6) is 11.5 Å². The summed E-state index contributed by atoms with van der Waals surface area (Å²) in [6.45, 7) is 1.88. The number of hydrogen-bond donors (Lipinski definition) is 1. The molecule has 0 saturated carbocycles. The molecular formula is C20H16N2O4. The maximum Gasteiger partial charge on any atom is 0.269 e. The topological polar surface area (TPSA) is 81.5 Å². The third-order valence-electron chi connectivity index (χ3n) is 3.79. The van der Waals surface area contributed by atoms with Crippen molar-refractivity contribution >= 4 is 17.3 Å². The molecule has 0 aromatic heterocycles. The zero-order chi connectivity index (χ0) is 18.5. The monoisotopic (exact) mass is 348 g/mol. The lowest BCUT2D eigenvalue weighted by Gasteiger charge is -2.09. The van der Waals surface area contributed by atoms with Crippen LogP contribution in [-0.2, 0) is 0 Å². The Kier molecular flexibility index (Phi) is 4.94. The van der Waals surface area contributed by atoms with Crippen molar-refractivity contribution in [1.29, 1.82) is 0 Å². The zero-order valence-corrected chi connectivity index (χ0v) is 14.0. The van der Waals surface area contributed by atoms with Gasteiger partial charge in [0, 0.05) is 23.4 Å². The van der Waals surface area contributed by atoms with Gasteiger partial charge in [0.2, 0.25) is 0 Å². The number of non-ortho nitro benzene ring substituents is 1. The molecule has 3 rings (SSSR count). The molecule has 130 valence electrons. The minimum absolute atomic E-state index is 0.00613. The summed E-state index contributed by atoms with van der Waals surface area (Å²) in [6, 6.07) is 20.1. The largest absolute Gasteiger partial charge is 0.457 e. The van der Waals surface area contributed by atoms with Crippen LogP contribution in [0.2, 0.25) is 0 Å². The van der Waals surface area contributed by atoms with Crippen LogP contribution in [0.4, 0.5) is 11.4 Å². The molecule has 0 aliphatic rings. The number of aryl methyl sites for hydroxylation is 1. The van der Waals surface area contributed by atoms with Crippen molar-refractivity contribution < 1.29 is 14.5 Å². The molecule has 0 radical (unpaired) electrons. The fourth-order valence-electron chi connectivity index (χ4n) is 2.40. The van der Waals surface area contributed by atoms with E-state index in [2.05, 4.69) is 5.32 Å². The van der Waals surface area contributed by atoms with Crippen molar-refractivity contribution in [2.75, 3.05) is 5.32 Å². The van der Waals surface area contributed by atoms with Crippen LogP contribution in [-0.4, -0.2) is 10.8 Å². The first-order valence-electron chi connectivity index (χ1n) is 7.92. The highest BCUT2D eigenvalue weighted by atomic mass is 16.6. The highest BCUT2D eigenvalue weighted by Crippen LogP contribution is 2.25. The highest BCUT2D eigenvalue weighted by Gasteiger charge is 2.09. The van der Waals surface area contributed by atoms with Gasteiger partial charge in [0.25, 0.3) is 11.6 Å². The normalized spacial score (nSPS) is 10.2. The molecule has 0 aliphatic heterocycles. The van der Waals surface area contributed by atoms with Crippen molar-refractivity contribution in [3.63, 3.8) is 0 Å². The van der Waals surface area contributed by atoms with Crippen LogP contribution in [0.15, 0.2) is 72.8 Å². The van der Waals surface area contributed by atoms with Crippen molar-refractivity contribution in [1.82, 2.24) is 0 Å². The summed E-state index contributed by atoms with van der Waals surface area (Å²) in [5.41, 5.74) is 2.18. The van der Waals surface area contributed by atoms with Crippen LogP contribution >= 0.6 is 0 Å². The smallest absolute Gasteiger partial charge is 0.269 e. The Morgan fingerprint density at radius 3 is 2.08 bits per heavy atom. The van der Waals surface area contributed by atoms with Gasteiger partial charge in [0.1, 0.15) is 11.5 Å². The van der Waals surface area contributed by atoms with E-state index in [9.17, 15) is 14.9 Å². The Balaban J connectivity index is 1.66. The van der Waals surface area contributed by atoms with Crippen molar-refractivity contribution in [2.45, 2.75) is 6.92 Å². The Morgan fingerprint density at radius 2 is 1.50 bits per heavy atom. The molecule has 6 nitrogen and oxygen atoms in total. The van der Waals surface area contributed by atoms with Gasteiger partial charge in [-0.3, -0.25) is 14.9 Å². The van der Waals surface area contributed by atoms with E-state index in [4.69, 9.17) is 4.74 Å². The van der Waals surface area contributed by atoms with Crippen LogP contribution < -0.4 is 10.1 Å². The molecule has 0 saturated heterocycles. The van der Waals surface area contributed by atoms with E-state index in [0.29, 0.717) is 22.7 Å². The highest BCUT2D eigenvalue weighted by molar-refractivity contribution is 6.05. The lowest BCUT2D eigenvalue weighted by Crippen LogP contribution is -2.13. The molecule has 0 bridgehead atoms. The number of nitro groups is 1. The third-order valence-corrected chi connectivity index (χ3v) is 3.79. The van der Waals surface area contributed by atoms with Gasteiger partial charge in [0.15, 0.2) is 0 Å². The van der Waals surface area contributed by atoms with Crippen LogP contribution in [0.25, 0.3) is 0 Å². The molecule has 0 aliphatic carbocycles. The molecule has 1 N–H and O–H groups in total. The Hall–Kier alpha value is -3.67. The second-order valence-corrected chi connectivity index (χ2v) is 5.65. The Labute approximate surface area is 150 Å². The fourth-order valence-corrected chi connectivity index (χ4v) is 2.40. The number of rotatable bonds is 5. The number of ether oxygens (including phenoxy) is 1. The van der Waals surface area contributed by atoms with Gasteiger partial charge in [-0.25, -0.2) is 0 Å². The summed E-state index contributed by atoms with van der Waals surface area (Å²) in [7, 11) is 0. The van der Waals surface area contributed by atoms with E-state index in [1.54, 1.807) is 30.3 Å². The number of nitro benzene ring substituents is 1. The van der Waals surface area contributed by atoms with Gasteiger partial charge < -0.3 is 10.1 Å². The minimum Gasteiger partial charge on any atom is -0.457 e. The third kappa shape index (κ3) is 4.05. The second kappa shape index (κ2) is 7.48. The SMILES string of the molecule is Cc1ccccc1C(=O)Nc1ccc(Oc2ccc([N+](=O)[O-])cc2)cc1. The molecule has 1 amide bonds. The lowest BCUT2D eigenvalue weighted by molar-refractivity contribution is -0.384. The fraction of sp³-hybridized carbons (Fsp3) is 0.0500. The number of amides is 1. The molecule has 0 heterocycles. The van der Waals surface area contributed by atoms with E-state index >= 15 is 0 Å². The van der Waals surface area contributed by atoms with E-state index in [-0.39, 0.29) is 11.6 Å². The number of benzene rings is 3. The number of carbonyl (C=O) groups is 1. The standard InChI is InChI=1S/C20H16N2O4/c1-14-4-2-3-5-19(14)20(23)21-15-6-10-17(11-7-15)26-18-12-8-16(9-13-18)22(24)25/h2-13H,1H3,(H,21,23). The van der Waals surface area contributed by atoms with Gasteiger partial charge in [-0.2, -0.15) is 0 Å². The predicted octanol–water partition coefficient (Wildman–Crippen LogP) is 4.95. The summed E-state index contributed by atoms with van der Waals surface area (Å²) in [5.74, 6) is 0.882. The van der Waals surface area contributed by atoms with Crippen molar-refractivity contribution in [3.8, 4) is 11.5 Å². The minimum atomic E-state index is -0.463. The van der Waals surface area contributed by atoms with Gasteiger partial charge in [-0.15, -0.1) is 0 Å². The van der Waals surface area contributed by atoms with Gasteiger partial charge >= 0.3 is 0 Å². The number of nitrogens with one attached hydrogen (secondary N) is 1. The molecule has 3 aromatic rings. The summed E-state index contributed by atoms with van der Waals surface area (Å²) in [6.07, 6.45) is 0. The summed E-state index contributed by atoms with van der Waals surface area (Å²) >= 11 is 0. The van der Waals surface area contributed by atoms with Crippen LogP contribution in [0, 0.1) is 17.0 Å². The average molecular weight is 348 g/mol. The molecule has 0 spiro atoms. The summed E-state index contributed by atoms with van der Waals surface area (Å²) in [5, 5.41) is 13.5. The first-order chi connectivity index (χ1) is 12.5. The second-order valence-electron chi connectivity index (χ2n) is 5.65. The van der Waals surface area contributed by atoms with Gasteiger partial charge in [-0.05, 0) is 55.0 Å². The Bertz CT molecular complexity index is 935. The Morgan fingerprint density at radius 1 is 0.923 bits per heavy atom. The molecule has 0 atom stereocenters. The summed E-state index contributed by atoms with van der Waals surface area (Å²) < 4.78 is 5.64. The molecule has 6 heteroatoms. The zero-order valence-electron chi connectivity index (χ0n) is 14.0. The van der Waals surface area contributed by atoms with E-state index in [0.717, 1.165) is 5.56 Å². The lowest BCUT2D eigenvalue weighted by atomic mass is 10.1. The maximum absolute atomic E-state index is 12.3. The predicted molar refractivity (Wildman–Crippen MR) is 98.7 cm³/mol. The number of hydrogen-bond acceptors (Lipinski definition) is 4. The molecule has 0 unspecified atom stereocenters. The van der Waals surface area contributed by atoms with Crippen molar-refractivity contribution in [3.05, 3.63) is 94.0 Å². The molecule has 3 aromatic carbocycles. The summed E-state index contributed by atoms with van der Waals surface area (Å²) in [4.78, 5) is 22.5. The maximum atomic E-state index is 12.3. The first-order valence-corrected chi connectivity index (χ1v) is 7.92. The number of carbonyl (C=O) groups excluding carboxylic acids is 1. The van der Waals surface area contributed by atoms with E-state index < -0.39 is 4.92 Å². The van der Waals surface area contributed by atoms with E-state index in [1.807, 2.05) is 25.1 Å². The van der Waals surface area contributed by atoms with Gasteiger partial charge in [0.05, 0.1) is 4.92 Å². The van der Waals surface area contributed by atoms with Crippen molar-refractivity contribution in [2.24, 2.45) is 0 Å². The molecular weight excluding hydrogens is 332 g/mol.